The van der Waals surface area contributed by atoms with Gasteiger partial charge in [0.2, 0.25) is 0 Å². The second-order valence-electron chi connectivity index (χ2n) is 6.77. The third-order valence-electron chi connectivity index (χ3n) is 5.42. The molecule has 3 unspecified atom stereocenters. The summed E-state index contributed by atoms with van der Waals surface area (Å²) >= 11 is 0. The Hall–Kier alpha value is -2.22. The number of aromatic hydroxyl groups is 2. The van der Waals surface area contributed by atoms with Gasteiger partial charge in [0, 0.05) is 0 Å². The van der Waals surface area contributed by atoms with Gasteiger partial charge >= 0.3 is 0 Å². The highest BCUT2D eigenvalue weighted by atomic mass is 16.3. The Bertz CT molecular complexity index is 715. The molecule has 2 nitrogen and oxygen atoms in total. The maximum absolute atomic E-state index is 9.96. The topological polar surface area (TPSA) is 40.5 Å². The van der Waals surface area contributed by atoms with Gasteiger partial charge in [-0.3, -0.25) is 0 Å². The fourth-order valence-electron chi connectivity index (χ4n) is 4.25. The molecule has 1 aliphatic rings. The first kappa shape index (κ1) is 16.6. The van der Waals surface area contributed by atoms with Crippen LogP contribution < -0.4 is 0 Å². The molecule has 0 heterocycles. The van der Waals surface area contributed by atoms with Crippen LogP contribution in [0.15, 0.2) is 54.6 Å². The number of phenols is 2. The highest BCUT2D eigenvalue weighted by Crippen LogP contribution is 2.48. The first-order chi connectivity index (χ1) is 11.6. The Labute approximate surface area is 144 Å². The number of phenolic OH excluding ortho intramolecular Hbond substituents is 2. The summed E-state index contributed by atoms with van der Waals surface area (Å²) in [7, 11) is 0. The summed E-state index contributed by atoms with van der Waals surface area (Å²) in [6.45, 7) is 4.32. The first-order valence-electron chi connectivity index (χ1n) is 8.85. The SMILES string of the molecule is C/C=C/CC1c2cc(O)ccc2CC(c2ccc(O)cc2)C1CC. The summed E-state index contributed by atoms with van der Waals surface area (Å²) in [5.41, 5.74) is 3.93. The van der Waals surface area contributed by atoms with E-state index >= 15 is 0 Å². The summed E-state index contributed by atoms with van der Waals surface area (Å²) in [6.07, 6.45) is 7.44. The van der Waals surface area contributed by atoms with E-state index in [0.29, 0.717) is 29.3 Å². The molecule has 2 aromatic rings. The predicted molar refractivity (Wildman–Crippen MR) is 98.6 cm³/mol. The van der Waals surface area contributed by atoms with E-state index in [2.05, 4.69) is 44.2 Å². The van der Waals surface area contributed by atoms with Crippen molar-refractivity contribution in [1.82, 2.24) is 0 Å². The lowest BCUT2D eigenvalue weighted by Gasteiger charge is -2.39. The molecule has 2 heteroatoms. The van der Waals surface area contributed by atoms with Crippen LogP contribution in [0, 0.1) is 5.92 Å². The normalized spacial score (nSPS) is 23.3. The molecule has 24 heavy (non-hydrogen) atoms. The summed E-state index contributed by atoms with van der Waals surface area (Å²) < 4.78 is 0. The summed E-state index contributed by atoms with van der Waals surface area (Å²) in [4.78, 5) is 0. The van der Waals surface area contributed by atoms with E-state index in [0.717, 1.165) is 19.3 Å². The minimum absolute atomic E-state index is 0.318. The van der Waals surface area contributed by atoms with Gasteiger partial charge in [-0.25, -0.2) is 0 Å². The molecule has 1 aliphatic carbocycles. The van der Waals surface area contributed by atoms with Crippen LogP contribution in [-0.4, -0.2) is 10.2 Å². The Morgan fingerprint density at radius 2 is 1.75 bits per heavy atom. The van der Waals surface area contributed by atoms with Gasteiger partial charge in [0.1, 0.15) is 11.5 Å². The van der Waals surface area contributed by atoms with E-state index in [9.17, 15) is 10.2 Å². The zero-order chi connectivity index (χ0) is 17.1. The summed E-state index contributed by atoms with van der Waals surface area (Å²) in [5.74, 6) is 2.07. The zero-order valence-electron chi connectivity index (χ0n) is 14.4. The van der Waals surface area contributed by atoms with Gasteiger partial charge in [-0.15, -0.1) is 0 Å². The lowest BCUT2D eigenvalue weighted by Crippen LogP contribution is -2.28. The number of rotatable bonds is 4. The van der Waals surface area contributed by atoms with Crippen LogP contribution in [-0.2, 0) is 6.42 Å². The van der Waals surface area contributed by atoms with Gasteiger partial charge < -0.3 is 10.2 Å². The lowest BCUT2D eigenvalue weighted by molar-refractivity contribution is 0.313. The molecule has 0 saturated heterocycles. The molecule has 0 radical (unpaired) electrons. The van der Waals surface area contributed by atoms with Crippen molar-refractivity contribution in [2.24, 2.45) is 5.92 Å². The molecule has 0 fully saturated rings. The van der Waals surface area contributed by atoms with Crippen molar-refractivity contribution in [2.75, 3.05) is 0 Å². The third-order valence-corrected chi connectivity index (χ3v) is 5.42. The second kappa shape index (κ2) is 7.12. The van der Waals surface area contributed by atoms with Crippen LogP contribution in [0.1, 0.15) is 55.2 Å². The van der Waals surface area contributed by atoms with E-state index in [1.54, 1.807) is 18.2 Å². The van der Waals surface area contributed by atoms with Gasteiger partial charge in [-0.1, -0.05) is 43.7 Å². The molecule has 0 saturated carbocycles. The smallest absolute Gasteiger partial charge is 0.115 e. The summed E-state index contributed by atoms with van der Waals surface area (Å²) in [6, 6.07) is 13.5. The standard InChI is InChI=1S/C22H26O2/c1-3-5-6-20-19(4-2)21(15-7-10-17(23)11-8-15)13-16-9-12-18(24)14-22(16)20/h3,5,7-12,14,19-21,23-24H,4,6,13H2,1-2H3/b5-3+. The quantitative estimate of drug-likeness (QED) is 0.728. The highest BCUT2D eigenvalue weighted by Gasteiger charge is 2.35. The van der Waals surface area contributed by atoms with Crippen LogP contribution in [0.25, 0.3) is 0 Å². The van der Waals surface area contributed by atoms with Crippen molar-refractivity contribution in [3.8, 4) is 11.5 Å². The molecular weight excluding hydrogens is 296 g/mol. The summed E-state index contributed by atoms with van der Waals surface area (Å²) in [5, 5.41) is 19.6. The maximum atomic E-state index is 9.96. The molecule has 2 aromatic carbocycles. The largest absolute Gasteiger partial charge is 0.508 e. The van der Waals surface area contributed by atoms with Crippen molar-refractivity contribution in [3.63, 3.8) is 0 Å². The molecule has 126 valence electrons. The molecule has 0 aromatic heterocycles. The number of fused-ring (bicyclic) bond motifs is 1. The third kappa shape index (κ3) is 3.19. The fourth-order valence-corrected chi connectivity index (χ4v) is 4.25. The minimum Gasteiger partial charge on any atom is -0.508 e. The minimum atomic E-state index is 0.318. The van der Waals surface area contributed by atoms with Crippen LogP contribution in [0.4, 0.5) is 0 Å². The number of benzene rings is 2. The van der Waals surface area contributed by atoms with Gasteiger partial charge in [-0.2, -0.15) is 0 Å². The average molecular weight is 322 g/mol. The Balaban J connectivity index is 2.05. The van der Waals surface area contributed by atoms with E-state index in [4.69, 9.17) is 0 Å². The second-order valence-corrected chi connectivity index (χ2v) is 6.77. The number of hydrogen-bond donors (Lipinski definition) is 2. The first-order valence-corrected chi connectivity index (χ1v) is 8.85. The maximum Gasteiger partial charge on any atom is 0.115 e. The van der Waals surface area contributed by atoms with E-state index in [-0.39, 0.29) is 0 Å². The van der Waals surface area contributed by atoms with Crippen molar-refractivity contribution in [1.29, 1.82) is 0 Å². The van der Waals surface area contributed by atoms with E-state index < -0.39 is 0 Å². The fraction of sp³-hybridized carbons (Fsp3) is 0.364. The molecule has 2 N–H and O–H groups in total. The van der Waals surface area contributed by atoms with Crippen molar-refractivity contribution < 1.29 is 10.2 Å². The molecule has 0 aliphatic heterocycles. The monoisotopic (exact) mass is 322 g/mol. The van der Waals surface area contributed by atoms with E-state index in [1.807, 2.05) is 6.07 Å². The van der Waals surface area contributed by atoms with Gasteiger partial charge in [0.15, 0.2) is 0 Å². The number of hydrogen-bond acceptors (Lipinski definition) is 2. The van der Waals surface area contributed by atoms with Crippen molar-refractivity contribution in [2.45, 2.75) is 44.9 Å². The van der Waals surface area contributed by atoms with Crippen molar-refractivity contribution >= 4 is 0 Å². The molecule has 3 atom stereocenters. The van der Waals surface area contributed by atoms with Crippen LogP contribution in [0.2, 0.25) is 0 Å². The van der Waals surface area contributed by atoms with Gasteiger partial charge in [0.05, 0.1) is 0 Å². The average Bonchev–Trinajstić information content (AvgIpc) is 2.59. The lowest BCUT2D eigenvalue weighted by atomic mass is 9.65. The Morgan fingerprint density at radius 1 is 1.04 bits per heavy atom. The zero-order valence-corrected chi connectivity index (χ0v) is 14.4. The van der Waals surface area contributed by atoms with Crippen LogP contribution >= 0.6 is 0 Å². The molecule has 3 rings (SSSR count). The Morgan fingerprint density at radius 3 is 2.42 bits per heavy atom. The van der Waals surface area contributed by atoms with Crippen LogP contribution in [0.3, 0.4) is 0 Å². The Kier molecular flexibility index (Phi) is 4.94. The molecule has 0 spiro atoms. The highest BCUT2D eigenvalue weighted by molar-refractivity contribution is 5.43. The predicted octanol–water partition coefficient (Wildman–Crippen LogP) is 5.51. The van der Waals surface area contributed by atoms with Crippen molar-refractivity contribution in [3.05, 3.63) is 71.3 Å². The number of allylic oxidation sites excluding steroid dienone is 2. The van der Waals surface area contributed by atoms with Gasteiger partial charge in [-0.05, 0) is 78.5 Å². The molecule has 0 bridgehead atoms. The van der Waals surface area contributed by atoms with E-state index in [1.165, 1.54) is 16.7 Å². The molecule has 0 amide bonds. The van der Waals surface area contributed by atoms with Gasteiger partial charge in [0.25, 0.3) is 0 Å². The van der Waals surface area contributed by atoms with Crippen LogP contribution in [0.5, 0.6) is 11.5 Å². The molecular formula is C22H26O2.